The molecule has 0 aliphatic carbocycles. The number of aryl methyl sites for hydroxylation is 2. The molecule has 1 aromatic heterocycles. The van der Waals surface area contributed by atoms with Crippen LogP contribution in [-0.2, 0) is 22.5 Å². The van der Waals surface area contributed by atoms with E-state index in [1.54, 1.807) is 0 Å². The van der Waals surface area contributed by atoms with E-state index in [0.29, 0.717) is 64.7 Å². The van der Waals surface area contributed by atoms with Crippen molar-refractivity contribution in [3.05, 3.63) is 66.0 Å². The van der Waals surface area contributed by atoms with Crippen LogP contribution in [0.2, 0.25) is 0 Å². The van der Waals surface area contributed by atoms with Crippen LogP contribution in [0.5, 0.6) is 0 Å². The van der Waals surface area contributed by atoms with Crippen LogP contribution in [0.3, 0.4) is 0 Å². The highest BCUT2D eigenvalue weighted by molar-refractivity contribution is 5.95. The fraction of sp³-hybridized carbons (Fsp3) is 0.500. The fourth-order valence-corrected chi connectivity index (χ4v) is 5.66. The van der Waals surface area contributed by atoms with Crippen molar-refractivity contribution < 1.29 is 14.3 Å². The maximum Gasteiger partial charge on any atom is 0.290 e. The topological polar surface area (TPSA) is 79.7 Å². The molecule has 202 valence electrons. The van der Waals surface area contributed by atoms with Crippen molar-refractivity contribution >= 4 is 22.8 Å². The number of nitrogens with zero attached hydrogens (tertiary/aromatic N) is 4. The lowest BCUT2D eigenvalue weighted by atomic mass is 9.92. The van der Waals surface area contributed by atoms with Crippen LogP contribution in [-0.4, -0.2) is 83.1 Å². The van der Waals surface area contributed by atoms with Gasteiger partial charge in [0.15, 0.2) is 5.82 Å². The minimum atomic E-state index is -0.147. The minimum absolute atomic E-state index is 0.0609. The number of rotatable bonds is 8. The Balaban J connectivity index is 1.41. The highest BCUT2D eigenvalue weighted by Gasteiger charge is 2.36. The van der Waals surface area contributed by atoms with Crippen molar-refractivity contribution in [3.63, 3.8) is 0 Å². The zero-order valence-corrected chi connectivity index (χ0v) is 22.5. The number of para-hydroxylation sites is 2. The smallest absolute Gasteiger partial charge is 0.290 e. The molecule has 3 heterocycles. The summed E-state index contributed by atoms with van der Waals surface area (Å²) in [6, 6.07) is 18.2. The van der Waals surface area contributed by atoms with Crippen molar-refractivity contribution in [2.24, 2.45) is 11.8 Å². The van der Waals surface area contributed by atoms with Crippen LogP contribution in [0.25, 0.3) is 11.0 Å². The Morgan fingerprint density at radius 3 is 2.55 bits per heavy atom. The van der Waals surface area contributed by atoms with Crippen LogP contribution in [0.1, 0.15) is 36.5 Å². The average molecular weight is 518 g/mol. The molecule has 2 aromatic carbocycles. The fourth-order valence-electron chi connectivity index (χ4n) is 5.66. The number of ether oxygens (including phenoxy) is 1. The number of benzene rings is 2. The minimum Gasteiger partial charge on any atom is -0.378 e. The van der Waals surface area contributed by atoms with Crippen LogP contribution in [0.4, 0.5) is 0 Å². The molecule has 5 rings (SSSR count). The van der Waals surface area contributed by atoms with Crippen molar-refractivity contribution in [2.45, 2.75) is 39.3 Å². The number of aromatic nitrogens is 2. The summed E-state index contributed by atoms with van der Waals surface area (Å²) >= 11 is 0. The largest absolute Gasteiger partial charge is 0.378 e. The average Bonchev–Trinajstić information content (AvgIpc) is 3.33. The summed E-state index contributed by atoms with van der Waals surface area (Å²) in [6.45, 7) is 9.32. The predicted molar refractivity (Wildman–Crippen MR) is 148 cm³/mol. The molecule has 3 aromatic rings. The number of hydrogen-bond acceptors (Lipinski definition) is 5. The van der Waals surface area contributed by atoms with Crippen molar-refractivity contribution in [1.82, 2.24) is 24.7 Å². The number of amides is 2. The second-order valence-electron chi connectivity index (χ2n) is 10.8. The first-order valence-corrected chi connectivity index (χ1v) is 13.9. The SMILES string of the molecule is CC(C)CN(C(=O)c1nc2ccccc2n1CCc1ccccc1)[C@@H]1CNC[C@H](C(=O)N2CCOCC2)C1. The molecular formula is C30H39N5O3. The molecule has 2 fully saturated rings. The predicted octanol–water partition coefficient (Wildman–Crippen LogP) is 3.21. The summed E-state index contributed by atoms with van der Waals surface area (Å²) in [4.78, 5) is 36.3. The normalized spacial score (nSPS) is 20.1. The molecule has 0 bridgehead atoms. The lowest BCUT2D eigenvalue weighted by molar-refractivity contribution is -0.140. The number of imidazole rings is 1. The molecule has 8 heteroatoms. The molecule has 8 nitrogen and oxygen atoms in total. The third-order valence-corrected chi connectivity index (χ3v) is 7.58. The van der Waals surface area contributed by atoms with Crippen LogP contribution in [0.15, 0.2) is 54.6 Å². The third-order valence-electron chi connectivity index (χ3n) is 7.58. The van der Waals surface area contributed by atoms with Crippen LogP contribution in [0, 0.1) is 11.8 Å². The number of fused-ring (bicyclic) bond motifs is 1. The molecule has 0 radical (unpaired) electrons. The molecule has 1 N–H and O–H groups in total. The molecular weight excluding hydrogens is 478 g/mol. The highest BCUT2D eigenvalue weighted by atomic mass is 16.5. The van der Waals surface area contributed by atoms with E-state index >= 15 is 0 Å². The van der Waals surface area contributed by atoms with Gasteiger partial charge in [-0.25, -0.2) is 4.98 Å². The summed E-state index contributed by atoms with van der Waals surface area (Å²) < 4.78 is 7.51. The molecule has 0 saturated carbocycles. The molecule has 2 saturated heterocycles. The van der Waals surface area contributed by atoms with Gasteiger partial charge in [0, 0.05) is 45.3 Å². The van der Waals surface area contributed by atoms with Gasteiger partial charge in [-0.2, -0.15) is 0 Å². The van der Waals surface area contributed by atoms with E-state index in [0.717, 1.165) is 17.5 Å². The van der Waals surface area contributed by atoms with E-state index in [-0.39, 0.29) is 29.7 Å². The Morgan fingerprint density at radius 2 is 1.79 bits per heavy atom. The van der Waals surface area contributed by atoms with E-state index in [4.69, 9.17) is 9.72 Å². The van der Waals surface area contributed by atoms with Crippen LogP contribution >= 0.6 is 0 Å². The zero-order valence-electron chi connectivity index (χ0n) is 22.5. The maximum absolute atomic E-state index is 14.3. The van der Waals surface area contributed by atoms with E-state index in [2.05, 4.69) is 35.9 Å². The number of carbonyl (C=O) groups is 2. The van der Waals surface area contributed by atoms with E-state index in [1.165, 1.54) is 5.56 Å². The summed E-state index contributed by atoms with van der Waals surface area (Å²) in [6.07, 6.45) is 1.47. The first-order valence-electron chi connectivity index (χ1n) is 13.9. The summed E-state index contributed by atoms with van der Waals surface area (Å²) in [5.74, 6) is 0.721. The second kappa shape index (κ2) is 12.1. The van der Waals surface area contributed by atoms with Gasteiger partial charge < -0.3 is 24.4 Å². The van der Waals surface area contributed by atoms with E-state index < -0.39 is 0 Å². The number of piperidine rings is 1. The number of hydrogen-bond donors (Lipinski definition) is 1. The van der Waals surface area contributed by atoms with Gasteiger partial charge in [0.05, 0.1) is 30.2 Å². The quantitative estimate of drug-likeness (QED) is 0.496. The Morgan fingerprint density at radius 1 is 1.05 bits per heavy atom. The summed E-state index contributed by atoms with van der Waals surface area (Å²) in [5.41, 5.74) is 3.03. The Hall–Kier alpha value is -3.23. The van der Waals surface area contributed by atoms with Gasteiger partial charge in [-0.05, 0) is 36.5 Å². The van der Waals surface area contributed by atoms with E-state index in [9.17, 15) is 9.59 Å². The van der Waals surface area contributed by atoms with Crippen molar-refractivity contribution in [2.75, 3.05) is 45.9 Å². The lowest BCUT2D eigenvalue weighted by Gasteiger charge is -2.40. The molecule has 38 heavy (non-hydrogen) atoms. The van der Waals surface area contributed by atoms with E-state index in [1.807, 2.05) is 52.3 Å². The highest BCUT2D eigenvalue weighted by Crippen LogP contribution is 2.24. The lowest BCUT2D eigenvalue weighted by Crippen LogP contribution is -2.56. The van der Waals surface area contributed by atoms with Gasteiger partial charge in [0.25, 0.3) is 5.91 Å². The van der Waals surface area contributed by atoms with Gasteiger partial charge in [-0.15, -0.1) is 0 Å². The summed E-state index contributed by atoms with van der Waals surface area (Å²) in [7, 11) is 0. The third kappa shape index (κ3) is 5.92. The van der Waals surface area contributed by atoms with Gasteiger partial charge in [0.1, 0.15) is 0 Å². The number of carbonyl (C=O) groups excluding carboxylic acids is 2. The number of morpholine rings is 1. The molecule has 2 aliphatic rings. The zero-order chi connectivity index (χ0) is 26.5. The standard InChI is InChI=1S/C30H39N5O3/c1-22(2)21-35(25-18-24(19-31-20-25)29(36)33-14-16-38-17-15-33)30(37)28-32-26-10-6-7-11-27(26)34(28)13-12-23-8-4-3-5-9-23/h3-11,22,24-25,31H,12-21H2,1-2H3/t24-,25+/m1/s1. The van der Waals surface area contributed by atoms with Gasteiger partial charge in [-0.1, -0.05) is 56.3 Å². The maximum atomic E-state index is 14.3. The molecule has 0 spiro atoms. The summed E-state index contributed by atoms with van der Waals surface area (Å²) in [5, 5.41) is 3.45. The molecule has 2 amide bonds. The second-order valence-corrected chi connectivity index (χ2v) is 10.8. The number of nitrogens with one attached hydrogen (secondary N) is 1. The van der Waals surface area contributed by atoms with Crippen molar-refractivity contribution in [3.8, 4) is 0 Å². The Kier molecular flexibility index (Phi) is 8.39. The van der Waals surface area contributed by atoms with Gasteiger partial charge >= 0.3 is 0 Å². The first-order chi connectivity index (χ1) is 18.5. The molecule has 0 unspecified atom stereocenters. The van der Waals surface area contributed by atoms with Gasteiger partial charge in [-0.3, -0.25) is 9.59 Å². The van der Waals surface area contributed by atoms with Crippen molar-refractivity contribution in [1.29, 1.82) is 0 Å². The van der Waals surface area contributed by atoms with Crippen LogP contribution < -0.4 is 5.32 Å². The molecule has 2 aliphatic heterocycles. The molecule has 2 atom stereocenters. The first kappa shape index (κ1) is 26.4. The monoisotopic (exact) mass is 517 g/mol. The Bertz CT molecular complexity index is 1240. The van der Waals surface area contributed by atoms with Gasteiger partial charge in [0.2, 0.25) is 5.91 Å². The Labute approximate surface area is 225 Å².